The van der Waals surface area contributed by atoms with Crippen LogP contribution in [0.15, 0.2) is 66.7 Å². The summed E-state index contributed by atoms with van der Waals surface area (Å²) in [5, 5.41) is 0. The van der Waals surface area contributed by atoms with E-state index in [1.807, 2.05) is 54.6 Å². The third-order valence-corrected chi connectivity index (χ3v) is 6.42. The van der Waals surface area contributed by atoms with Crippen LogP contribution in [0.2, 0.25) is 0 Å². The molecule has 34 heavy (non-hydrogen) atoms. The monoisotopic (exact) mass is 464 g/mol. The molecule has 0 amide bonds. The minimum atomic E-state index is -0.761. The largest absolute Gasteiger partial charge is 0.378 e. The van der Waals surface area contributed by atoms with Crippen molar-refractivity contribution in [2.75, 3.05) is 6.61 Å². The fourth-order valence-corrected chi connectivity index (χ4v) is 4.34. The van der Waals surface area contributed by atoms with E-state index in [1.54, 1.807) is 12.1 Å². The van der Waals surface area contributed by atoms with Gasteiger partial charge in [-0.3, -0.25) is 0 Å². The average Bonchev–Trinajstić information content (AvgIpc) is 2.88. The number of ether oxygens (including phenoxy) is 1. The number of hydrogen-bond acceptors (Lipinski definition) is 1. The maximum atomic E-state index is 15.0. The highest BCUT2D eigenvalue weighted by atomic mass is 19.2. The summed E-state index contributed by atoms with van der Waals surface area (Å²) in [5.74, 6) is -1.48. The summed E-state index contributed by atoms with van der Waals surface area (Å²) in [7, 11) is 0. The number of aryl methyl sites for hydroxylation is 1. The zero-order valence-corrected chi connectivity index (χ0v) is 20.7. The zero-order valence-electron chi connectivity index (χ0n) is 20.7. The molecule has 3 rings (SSSR count). The molecule has 0 radical (unpaired) electrons. The normalized spacial score (nSPS) is 12.1. The fourth-order valence-electron chi connectivity index (χ4n) is 4.34. The standard InChI is InChI=1S/C31H38F2O/c1-3-5-10-23-34-28(15-6-4-2)16-11-14-27-21-22-29(31(33)30(27)32)26-19-17-25(18-20-26)24-12-8-7-9-13-24/h7-9,12-13,17-22,28H,3-6,10-11,14-16,23H2,1-2H3. The summed E-state index contributed by atoms with van der Waals surface area (Å²) < 4.78 is 36.0. The Morgan fingerprint density at radius 1 is 0.647 bits per heavy atom. The summed E-state index contributed by atoms with van der Waals surface area (Å²) in [6.45, 7) is 5.17. The van der Waals surface area contributed by atoms with Crippen LogP contribution in [0.25, 0.3) is 22.3 Å². The van der Waals surface area contributed by atoms with Gasteiger partial charge in [-0.25, -0.2) is 8.78 Å². The molecule has 3 aromatic rings. The number of unbranched alkanes of at least 4 members (excludes halogenated alkanes) is 3. The van der Waals surface area contributed by atoms with Crippen LogP contribution in [-0.2, 0) is 11.2 Å². The van der Waals surface area contributed by atoms with Gasteiger partial charge >= 0.3 is 0 Å². The predicted molar refractivity (Wildman–Crippen MR) is 139 cm³/mol. The van der Waals surface area contributed by atoms with Crippen molar-refractivity contribution in [3.05, 3.63) is 83.9 Å². The van der Waals surface area contributed by atoms with Gasteiger partial charge in [0, 0.05) is 12.2 Å². The van der Waals surface area contributed by atoms with E-state index < -0.39 is 11.6 Å². The van der Waals surface area contributed by atoms with Crippen molar-refractivity contribution in [1.29, 1.82) is 0 Å². The summed E-state index contributed by atoms with van der Waals surface area (Å²) in [6, 6.07) is 21.1. The van der Waals surface area contributed by atoms with E-state index in [0.29, 0.717) is 23.1 Å². The first kappa shape index (κ1) is 26.1. The summed E-state index contributed by atoms with van der Waals surface area (Å²) >= 11 is 0. The van der Waals surface area contributed by atoms with E-state index in [4.69, 9.17) is 4.74 Å². The Morgan fingerprint density at radius 2 is 1.29 bits per heavy atom. The Balaban J connectivity index is 1.61. The molecule has 0 heterocycles. The van der Waals surface area contributed by atoms with Crippen LogP contribution in [-0.4, -0.2) is 12.7 Å². The Hall–Kier alpha value is -2.52. The van der Waals surface area contributed by atoms with E-state index in [0.717, 1.165) is 56.3 Å². The first-order valence-corrected chi connectivity index (χ1v) is 12.9. The van der Waals surface area contributed by atoms with E-state index in [1.165, 1.54) is 12.8 Å². The second-order valence-corrected chi connectivity index (χ2v) is 9.08. The highest BCUT2D eigenvalue weighted by Crippen LogP contribution is 2.29. The van der Waals surface area contributed by atoms with Crippen molar-refractivity contribution in [2.24, 2.45) is 0 Å². The highest BCUT2D eigenvalue weighted by Gasteiger charge is 2.16. The van der Waals surface area contributed by atoms with E-state index >= 15 is 0 Å². The van der Waals surface area contributed by atoms with E-state index in [-0.39, 0.29) is 6.10 Å². The van der Waals surface area contributed by atoms with E-state index in [2.05, 4.69) is 13.8 Å². The Bertz CT molecular complexity index is 982. The summed E-state index contributed by atoms with van der Waals surface area (Å²) in [6.07, 6.45) is 9.20. The van der Waals surface area contributed by atoms with Crippen LogP contribution in [0, 0.1) is 11.6 Å². The highest BCUT2D eigenvalue weighted by molar-refractivity contribution is 5.71. The van der Waals surface area contributed by atoms with Gasteiger partial charge in [-0.1, -0.05) is 106 Å². The molecule has 0 N–H and O–H groups in total. The van der Waals surface area contributed by atoms with Gasteiger partial charge < -0.3 is 4.74 Å². The van der Waals surface area contributed by atoms with Crippen molar-refractivity contribution in [2.45, 2.75) is 77.7 Å². The van der Waals surface area contributed by atoms with E-state index in [9.17, 15) is 8.78 Å². The van der Waals surface area contributed by atoms with Gasteiger partial charge in [-0.05, 0) is 54.4 Å². The molecule has 1 nitrogen and oxygen atoms in total. The Morgan fingerprint density at radius 3 is 2.00 bits per heavy atom. The topological polar surface area (TPSA) is 9.23 Å². The molecule has 0 aliphatic heterocycles. The maximum absolute atomic E-state index is 15.0. The molecule has 1 unspecified atom stereocenters. The van der Waals surface area contributed by atoms with Crippen LogP contribution in [0.1, 0.15) is 70.8 Å². The SMILES string of the molecule is CCCCCOC(CCCC)CCCc1ccc(-c2ccc(-c3ccccc3)cc2)c(F)c1F. The van der Waals surface area contributed by atoms with Crippen molar-refractivity contribution < 1.29 is 13.5 Å². The zero-order chi connectivity index (χ0) is 24.2. The molecular weight excluding hydrogens is 426 g/mol. The lowest BCUT2D eigenvalue weighted by molar-refractivity contribution is 0.0367. The first-order valence-electron chi connectivity index (χ1n) is 12.9. The minimum absolute atomic E-state index is 0.215. The number of benzene rings is 3. The third-order valence-electron chi connectivity index (χ3n) is 6.42. The van der Waals surface area contributed by atoms with Gasteiger partial charge in [-0.15, -0.1) is 0 Å². The van der Waals surface area contributed by atoms with Gasteiger partial charge in [0.2, 0.25) is 0 Å². The molecule has 0 aliphatic rings. The van der Waals surface area contributed by atoms with Crippen molar-refractivity contribution in [1.82, 2.24) is 0 Å². The number of halogens is 2. The van der Waals surface area contributed by atoms with Crippen molar-refractivity contribution >= 4 is 0 Å². The lowest BCUT2D eigenvalue weighted by atomic mass is 9.97. The molecule has 0 spiro atoms. The number of hydrogen-bond donors (Lipinski definition) is 0. The molecule has 0 saturated carbocycles. The third kappa shape index (κ3) is 7.50. The predicted octanol–water partition coefficient (Wildman–Crippen LogP) is 9.39. The van der Waals surface area contributed by atoms with Crippen LogP contribution in [0.5, 0.6) is 0 Å². The van der Waals surface area contributed by atoms with Crippen molar-refractivity contribution in [3.63, 3.8) is 0 Å². The molecule has 0 aliphatic carbocycles. The molecule has 3 heteroatoms. The van der Waals surface area contributed by atoms with Gasteiger partial charge in [0.25, 0.3) is 0 Å². The maximum Gasteiger partial charge on any atom is 0.166 e. The van der Waals surface area contributed by atoms with Gasteiger partial charge in [-0.2, -0.15) is 0 Å². The second kappa shape index (κ2) is 14.0. The minimum Gasteiger partial charge on any atom is -0.378 e. The first-order chi connectivity index (χ1) is 16.6. The smallest absolute Gasteiger partial charge is 0.166 e. The second-order valence-electron chi connectivity index (χ2n) is 9.08. The molecule has 0 bridgehead atoms. The quantitative estimate of drug-likeness (QED) is 0.216. The summed E-state index contributed by atoms with van der Waals surface area (Å²) in [4.78, 5) is 0. The van der Waals surface area contributed by atoms with Gasteiger partial charge in [0.1, 0.15) is 0 Å². The molecule has 0 saturated heterocycles. The van der Waals surface area contributed by atoms with Gasteiger partial charge in [0.05, 0.1) is 6.10 Å². The fraction of sp³-hybridized carbons (Fsp3) is 0.419. The molecule has 182 valence electrons. The molecule has 0 aromatic heterocycles. The lowest BCUT2D eigenvalue weighted by Gasteiger charge is -2.18. The van der Waals surface area contributed by atoms with Crippen LogP contribution in [0.4, 0.5) is 8.78 Å². The molecule has 1 atom stereocenters. The average molecular weight is 465 g/mol. The van der Waals surface area contributed by atoms with Gasteiger partial charge in [0.15, 0.2) is 11.6 Å². The molecule has 0 fully saturated rings. The molecular formula is C31H38F2O. The van der Waals surface area contributed by atoms with Crippen molar-refractivity contribution in [3.8, 4) is 22.3 Å². The summed E-state index contributed by atoms with van der Waals surface area (Å²) in [5.41, 5.74) is 3.59. The Labute approximate surface area is 204 Å². The Kier molecular flexibility index (Phi) is 10.8. The number of rotatable bonds is 14. The van der Waals surface area contributed by atoms with Crippen LogP contribution >= 0.6 is 0 Å². The van der Waals surface area contributed by atoms with Crippen LogP contribution < -0.4 is 0 Å². The van der Waals surface area contributed by atoms with Crippen LogP contribution in [0.3, 0.4) is 0 Å². The molecule has 3 aromatic carbocycles. The lowest BCUT2D eigenvalue weighted by Crippen LogP contribution is -2.14.